The van der Waals surface area contributed by atoms with E-state index >= 15 is 0 Å². The molecule has 0 fully saturated rings. The predicted octanol–water partition coefficient (Wildman–Crippen LogP) is 4.62. The molecule has 22 heavy (non-hydrogen) atoms. The Hall–Kier alpha value is -1.06. The summed E-state index contributed by atoms with van der Waals surface area (Å²) in [5, 5.41) is 23.2. The molecule has 4 nitrogen and oxygen atoms in total. The van der Waals surface area contributed by atoms with Crippen LogP contribution < -0.4 is 0 Å². The second kappa shape index (κ2) is 13.6. The lowest BCUT2D eigenvalue weighted by molar-refractivity contribution is -0.454. The summed E-state index contributed by atoms with van der Waals surface area (Å²) in [6.45, 7) is 1.30. The van der Waals surface area contributed by atoms with Crippen LogP contribution in [0.15, 0.2) is 0 Å². The van der Waals surface area contributed by atoms with Crippen LogP contribution in [0, 0.1) is 10.4 Å². The summed E-state index contributed by atoms with van der Waals surface area (Å²) in [6.07, 6.45) is 19.2. The number of hydroxylamine groups is 2. The van der Waals surface area contributed by atoms with Crippen LogP contribution in [-0.2, 0) is 0 Å². The molecular formula is C18H34N2O2. The number of hydrogen-bond acceptors (Lipinski definition) is 2. The monoisotopic (exact) mass is 310 g/mol. The minimum absolute atomic E-state index is 0.652. The lowest BCUT2D eigenvalue weighted by Gasteiger charge is -2.06. The summed E-state index contributed by atoms with van der Waals surface area (Å²) in [5.41, 5.74) is 0. The van der Waals surface area contributed by atoms with E-state index in [0.717, 1.165) is 60.8 Å². The molecule has 0 aliphatic carbocycles. The highest BCUT2D eigenvalue weighted by Gasteiger charge is 1.99. The maximum absolute atomic E-state index is 11.6. The normalized spacial score (nSPS) is 27.1. The smallest absolute Gasteiger partial charge is 0.153 e. The van der Waals surface area contributed by atoms with E-state index in [1.165, 1.54) is 38.5 Å². The molecule has 1 rings (SSSR count). The zero-order valence-corrected chi connectivity index (χ0v) is 14.2. The summed E-state index contributed by atoms with van der Waals surface area (Å²) < 4.78 is 2.27. The Morgan fingerprint density at radius 2 is 0.773 bits per heavy atom. The highest BCUT2D eigenvalue weighted by Crippen LogP contribution is 2.08. The third kappa shape index (κ3) is 11.6. The third-order valence-corrected chi connectivity index (χ3v) is 4.33. The second-order valence-corrected chi connectivity index (χ2v) is 6.47. The molecule has 1 aliphatic heterocycles. The van der Waals surface area contributed by atoms with E-state index in [9.17, 15) is 10.4 Å². The van der Waals surface area contributed by atoms with Gasteiger partial charge in [0.1, 0.15) is 0 Å². The van der Waals surface area contributed by atoms with Crippen LogP contribution in [0.2, 0.25) is 0 Å². The van der Waals surface area contributed by atoms with E-state index in [1.54, 1.807) is 0 Å². The molecule has 0 atom stereocenters. The van der Waals surface area contributed by atoms with Crippen molar-refractivity contribution in [3.05, 3.63) is 10.4 Å². The van der Waals surface area contributed by atoms with Gasteiger partial charge in [0.25, 0.3) is 0 Å². The standard InChI is InChI=1S/C18H34N2O2/c21-19-15-11-7-3-1-4-8-12-16-20(22)18-14-10-6-2-5-9-13-17-19/h15,18H,1-14,16-17H2/b19-15+,20-18+. The molecule has 0 aromatic rings. The molecule has 1 aliphatic rings. The van der Waals surface area contributed by atoms with Crippen LogP contribution in [0.3, 0.4) is 0 Å². The van der Waals surface area contributed by atoms with Crippen molar-refractivity contribution in [1.82, 2.24) is 0 Å². The average Bonchev–Trinajstić information content (AvgIpc) is 2.50. The highest BCUT2D eigenvalue weighted by molar-refractivity contribution is 5.51. The van der Waals surface area contributed by atoms with Crippen molar-refractivity contribution >= 4 is 12.4 Å². The lowest BCUT2D eigenvalue weighted by Crippen LogP contribution is -2.07. The summed E-state index contributed by atoms with van der Waals surface area (Å²) in [4.78, 5) is 0. The van der Waals surface area contributed by atoms with Crippen molar-refractivity contribution in [2.45, 2.75) is 89.9 Å². The third-order valence-electron chi connectivity index (χ3n) is 4.33. The van der Waals surface area contributed by atoms with E-state index in [-0.39, 0.29) is 0 Å². The molecule has 1 heterocycles. The molecule has 4 heteroatoms. The first-order valence-corrected chi connectivity index (χ1v) is 9.33. The van der Waals surface area contributed by atoms with Gasteiger partial charge < -0.3 is 10.4 Å². The molecule has 0 saturated carbocycles. The zero-order valence-electron chi connectivity index (χ0n) is 14.2. The first-order valence-electron chi connectivity index (χ1n) is 9.33. The van der Waals surface area contributed by atoms with Gasteiger partial charge in [-0.25, -0.2) is 9.48 Å². The maximum Gasteiger partial charge on any atom is 0.153 e. The van der Waals surface area contributed by atoms with Crippen LogP contribution in [0.5, 0.6) is 0 Å². The Kier molecular flexibility index (Phi) is 11.7. The summed E-state index contributed by atoms with van der Waals surface area (Å²) in [5.74, 6) is 0. The van der Waals surface area contributed by atoms with Gasteiger partial charge in [0.15, 0.2) is 25.5 Å². The molecule has 0 unspecified atom stereocenters. The quantitative estimate of drug-likeness (QED) is 0.484. The van der Waals surface area contributed by atoms with Crippen molar-refractivity contribution < 1.29 is 9.48 Å². The van der Waals surface area contributed by atoms with Crippen molar-refractivity contribution in [2.75, 3.05) is 13.1 Å². The topological polar surface area (TPSA) is 52.1 Å². The lowest BCUT2D eigenvalue weighted by atomic mass is 10.1. The first-order chi connectivity index (χ1) is 10.8. The van der Waals surface area contributed by atoms with Crippen LogP contribution >= 0.6 is 0 Å². The SMILES string of the molecule is [O-]/[N+]1=C/CCCCCCCC/[N+]([O-])=C\CCCCCCCC1. The Bertz CT molecular complexity index is 295. The molecule has 0 bridgehead atoms. The molecule has 0 amide bonds. The number of nitrogens with zero attached hydrogens (tertiary/aromatic N) is 2. The predicted molar refractivity (Wildman–Crippen MR) is 93.8 cm³/mol. The van der Waals surface area contributed by atoms with Crippen LogP contribution in [0.1, 0.15) is 89.9 Å². The molecule has 0 N–H and O–H groups in total. The van der Waals surface area contributed by atoms with Gasteiger partial charge in [0.2, 0.25) is 0 Å². The molecule has 0 aromatic heterocycles. The van der Waals surface area contributed by atoms with Gasteiger partial charge in [0, 0.05) is 25.7 Å². The fourth-order valence-electron chi connectivity index (χ4n) is 2.89. The van der Waals surface area contributed by atoms with E-state index in [0.29, 0.717) is 13.1 Å². The van der Waals surface area contributed by atoms with Crippen molar-refractivity contribution in [3.8, 4) is 0 Å². The fourth-order valence-corrected chi connectivity index (χ4v) is 2.89. The molecule has 0 spiro atoms. The van der Waals surface area contributed by atoms with Crippen LogP contribution in [-0.4, -0.2) is 35.0 Å². The van der Waals surface area contributed by atoms with Crippen LogP contribution in [0.4, 0.5) is 0 Å². The van der Waals surface area contributed by atoms with E-state index in [2.05, 4.69) is 0 Å². The van der Waals surface area contributed by atoms with Gasteiger partial charge in [-0.05, 0) is 25.7 Å². The summed E-state index contributed by atoms with van der Waals surface area (Å²) in [6, 6.07) is 0. The maximum atomic E-state index is 11.6. The van der Waals surface area contributed by atoms with Gasteiger partial charge in [0.05, 0.1) is 0 Å². The van der Waals surface area contributed by atoms with E-state index in [4.69, 9.17) is 0 Å². The Morgan fingerprint density at radius 1 is 0.455 bits per heavy atom. The second-order valence-electron chi connectivity index (χ2n) is 6.47. The number of rotatable bonds is 0. The van der Waals surface area contributed by atoms with Gasteiger partial charge in [-0.3, -0.25) is 0 Å². The first kappa shape index (κ1) is 19.0. The van der Waals surface area contributed by atoms with Crippen LogP contribution in [0.25, 0.3) is 0 Å². The molecule has 0 radical (unpaired) electrons. The summed E-state index contributed by atoms with van der Waals surface area (Å²) >= 11 is 0. The molecule has 0 aromatic carbocycles. The van der Waals surface area contributed by atoms with Gasteiger partial charge in [-0.2, -0.15) is 0 Å². The minimum Gasteiger partial charge on any atom is -0.624 e. The Morgan fingerprint density at radius 3 is 1.18 bits per heavy atom. The fraction of sp³-hybridized carbons (Fsp3) is 0.889. The Balaban J connectivity index is 2.26. The molecule has 128 valence electrons. The average molecular weight is 310 g/mol. The van der Waals surface area contributed by atoms with Gasteiger partial charge in [-0.1, -0.05) is 38.5 Å². The Labute approximate surface area is 136 Å². The van der Waals surface area contributed by atoms with Gasteiger partial charge >= 0.3 is 0 Å². The van der Waals surface area contributed by atoms with Crippen molar-refractivity contribution in [2.24, 2.45) is 0 Å². The molecular weight excluding hydrogens is 276 g/mol. The minimum atomic E-state index is 0.652. The van der Waals surface area contributed by atoms with Gasteiger partial charge in [-0.15, -0.1) is 0 Å². The largest absolute Gasteiger partial charge is 0.624 e. The number of hydrogen-bond donors (Lipinski definition) is 0. The van der Waals surface area contributed by atoms with Crippen molar-refractivity contribution in [1.29, 1.82) is 0 Å². The van der Waals surface area contributed by atoms with E-state index in [1.807, 2.05) is 12.4 Å². The molecule has 0 saturated heterocycles. The summed E-state index contributed by atoms with van der Waals surface area (Å²) in [7, 11) is 0. The van der Waals surface area contributed by atoms with E-state index < -0.39 is 0 Å². The zero-order chi connectivity index (χ0) is 15.9. The van der Waals surface area contributed by atoms with Crippen molar-refractivity contribution in [3.63, 3.8) is 0 Å². The highest BCUT2D eigenvalue weighted by atomic mass is 16.5.